The Morgan fingerprint density at radius 1 is 1.40 bits per heavy atom. The maximum atomic E-state index is 11.6. The highest BCUT2D eigenvalue weighted by atomic mass is 16.7. The minimum atomic E-state index is -0.318. The second-order valence-corrected chi connectivity index (χ2v) is 3.38. The van der Waals surface area contributed by atoms with Crippen molar-refractivity contribution in [3.8, 4) is 0 Å². The maximum absolute atomic E-state index is 11.6. The van der Waals surface area contributed by atoms with Crippen LogP contribution in [0.1, 0.15) is 6.42 Å². The van der Waals surface area contributed by atoms with E-state index in [-0.39, 0.29) is 18.2 Å². The standard InChI is InChI=1S/C9H17N3O3/c1-11(15-2)8(13)7-9(14)12-5-3-10-4-6-12/h10H,3-7H2,1-2H3. The van der Waals surface area contributed by atoms with Crippen LogP contribution in [0.5, 0.6) is 0 Å². The highest BCUT2D eigenvalue weighted by Crippen LogP contribution is 1.99. The van der Waals surface area contributed by atoms with Crippen LogP contribution in [-0.4, -0.2) is 62.1 Å². The van der Waals surface area contributed by atoms with Gasteiger partial charge in [0, 0.05) is 33.2 Å². The number of hydrogen-bond donors (Lipinski definition) is 1. The molecule has 0 spiro atoms. The number of nitrogens with one attached hydrogen (secondary N) is 1. The minimum absolute atomic E-state index is 0.121. The van der Waals surface area contributed by atoms with Crippen molar-refractivity contribution in [1.82, 2.24) is 15.3 Å². The van der Waals surface area contributed by atoms with Crippen LogP contribution in [0.4, 0.5) is 0 Å². The van der Waals surface area contributed by atoms with E-state index in [9.17, 15) is 9.59 Å². The molecule has 1 N–H and O–H groups in total. The summed E-state index contributed by atoms with van der Waals surface area (Å²) in [5.74, 6) is -0.452. The number of hydroxylamine groups is 2. The first-order chi connectivity index (χ1) is 7.15. The lowest BCUT2D eigenvalue weighted by Crippen LogP contribution is -2.47. The van der Waals surface area contributed by atoms with E-state index in [2.05, 4.69) is 5.32 Å². The molecular weight excluding hydrogens is 198 g/mol. The van der Waals surface area contributed by atoms with Gasteiger partial charge in [-0.15, -0.1) is 0 Å². The predicted octanol–water partition coefficient (Wildman–Crippen LogP) is -1.17. The largest absolute Gasteiger partial charge is 0.340 e. The summed E-state index contributed by atoms with van der Waals surface area (Å²) in [7, 11) is 2.89. The quantitative estimate of drug-likeness (QED) is 0.476. The lowest BCUT2D eigenvalue weighted by molar-refractivity contribution is -0.170. The Labute approximate surface area is 89.1 Å². The summed E-state index contributed by atoms with van der Waals surface area (Å²) >= 11 is 0. The van der Waals surface area contributed by atoms with E-state index in [1.165, 1.54) is 14.2 Å². The van der Waals surface area contributed by atoms with Crippen LogP contribution in [0.2, 0.25) is 0 Å². The van der Waals surface area contributed by atoms with Gasteiger partial charge in [-0.3, -0.25) is 14.4 Å². The highest BCUT2D eigenvalue weighted by Gasteiger charge is 2.20. The summed E-state index contributed by atoms with van der Waals surface area (Å²) < 4.78 is 0. The normalized spacial score (nSPS) is 16.3. The van der Waals surface area contributed by atoms with Crippen molar-refractivity contribution >= 4 is 11.8 Å². The van der Waals surface area contributed by atoms with Crippen LogP contribution in [0.3, 0.4) is 0 Å². The Hall–Kier alpha value is -1.14. The van der Waals surface area contributed by atoms with E-state index < -0.39 is 0 Å². The number of amides is 2. The Balaban J connectivity index is 2.37. The molecule has 0 unspecified atom stereocenters. The average molecular weight is 215 g/mol. The molecule has 0 aromatic rings. The van der Waals surface area contributed by atoms with Gasteiger partial charge in [-0.2, -0.15) is 0 Å². The molecular formula is C9H17N3O3. The third-order valence-corrected chi connectivity index (χ3v) is 2.40. The summed E-state index contributed by atoms with van der Waals surface area (Å²) in [6.45, 7) is 2.92. The molecule has 0 aromatic heterocycles. The number of hydrogen-bond acceptors (Lipinski definition) is 4. The van der Waals surface area contributed by atoms with E-state index in [1.807, 2.05) is 0 Å². The van der Waals surface area contributed by atoms with Crippen molar-refractivity contribution < 1.29 is 14.4 Å². The lowest BCUT2D eigenvalue weighted by atomic mass is 10.3. The van der Waals surface area contributed by atoms with Gasteiger partial charge in [0.2, 0.25) is 5.91 Å². The first kappa shape index (κ1) is 11.9. The first-order valence-corrected chi connectivity index (χ1v) is 4.94. The van der Waals surface area contributed by atoms with Crippen LogP contribution in [0.15, 0.2) is 0 Å². The molecule has 1 aliphatic heterocycles. The van der Waals surface area contributed by atoms with Crippen LogP contribution >= 0.6 is 0 Å². The number of piperazine rings is 1. The summed E-state index contributed by atoms with van der Waals surface area (Å²) in [4.78, 5) is 29.4. The molecule has 2 amide bonds. The average Bonchev–Trinajstić information content (AvgIpc) is 2.29. The summed E-state index contributed by atoms with van der Waals surface area (Å²) in [5.41, 5.74) is 0. The van der Waals surface area contributed by atoms with Crippen molar-refractivity contribution in [1.29, 1.82) is 0 Å². The van der Waals surface area contributed by atoms with Gasteiger partial charge in [0.05, 0.1) is 7.11 Å². The second-order valence-electron chi connectivity index (χ2n) is 3.38. The summed E-state index contributed by atoms with van der Waals surface area (Å²) in [6.07, 6.45) is -0.121. The molecule has 6 heteroatoms. The van der Waals surface area contributed by atoms with Gasteiger partial charge in [-0.25, -0.2) is 5.06 Å². The molecule has 1 rings (SSSR count). The van der Waals surface area contributed by atoms with Crippen LogP contribution in [0.25, 0.3) is 0 Å². The smallest absolute Gasteiger partial charge is 0.255 e. The van der Waals surface area contributed by atoms with Crippen molar-refractivity contribution in [2.24, 2.45) is 0 Å². The zero-order chi connectivity index (χ0) is 11.3. The zero-order valence-corrected chi connectivity index (χ0v) is 9.15. The molecule has 0 atom stereocenters. The van der Waals surface area contributed by atoms with Gasteiger partial charge in [0.1, 0.15) is 6.42 Å². The van der Waals surface area contributed by atoms with Crippen LogP contribution in [-0.2, 0) is 14.4 Å². The zero-order valence-electron chi connectivity index (χ0n) is 9.15. The van der Waals surface area contributed by atoms with Crippen LogP contribution < -0.4 is 5.32 Å². The van der Waals surface area contributed by atoms with E-state index >= 15 is 0 Å². The van der Waals surface area contributed by atoms with Crippen molar-refractivity contribution in [2.45, 2.75) is 6.42 Å². The van der Waals surface area contributed by atoms with E-state index in [0.717, 1.165) is 18.2 Å². The van der Waals surface area contributed by atoms with Gasteiger partial charge in [0.25, 0.3) is 5.91 Å². The lowest BCUT2D eigenvalue weighted by Gasteiger charge is -2.27. The fourth-order valence-electron chi connectivity index (χ4n) is 1.37. The molecule has 1 fully saturated rings. The Morgan fingerprint density at radius 2 is 2.00 bits per heavy atom. The molecule has 0 radical (unpaired) electrons. The molecule has 0 saturated carbocycles. The predicted molar refractivity (Wildman–Crippen MR) is 53.8 cm³/mol. The van der Waals surface area contributed by atoms with Gasteiger partial charge in [0.15, 0.2) is 0 Å². The molecule has 1 saturated heterocycles. The van der Waals surface area contributed by atoms with Crippen LogP contribution in [0, 0.1) is 0 Å². The number of carbonyl (C=O) groups excluding carboxylic acids is 2. The SMILES string of the molecule is CON(C)C(=O)CC(=O)N1CCNCC1. The Bertz CT molecular complexity index is 239. The van der Waals surface area contributed by atoms with Gasteiger partial charge < -0.3 is 10.2 Å². The number of nitrogens with zero attached hydrogens (tertiary/aromatic N) is 2. The molecule has 0 bridgehead atoms. The maximum Gasteiger partial charge on any atom is 0.255 e. The van der Waals surface area contributed by atoms with E-state index in [0.29, 0.717) is 13.1 Å². The van der Waals surface area contributed by atoms with Gasteiger partial charge in [-0.05, 0) is 0 Å². The van der Waals surface area contributed by atoms with E-state index in [4.69, 9.17) is 4.84 Å². The minimum Gasteiger partial charge on any atom is -0.340 e. The second kappa shape index (κ2) is 5.67. The Kier molecular flexibility index (Phi) is 4.51. The molecule has 15 heavy (non-hydrogen) atoms. The van der Waals surface area contributed by atoms with Gasteiger partial charge in [-0.1, -0.05) is 0 Å². The first-order valence-electron chi connectivity index (χ1n) is 4.94. The number of carbonyl (C=O) groups is 2. The molecule has 0 aliphatic carbocycles. The third kappa shape index (κ3) is 3.49. The monoisotopic (exact) mass is 215 g/mol. The van der Waals surface area contributed by atoms with Crippen molar-refractivity contribution in [2.75, 3.05) is 40.3 Å². The number of rotatable bonds is 3. The third-order valence-electron chi connectivity index (χ3n) is 2.40. The van der Waals surface area contributed by atoms with Gasteiger partial charge >= 0.3 is 0 Å². The fraction of sp³-hybridized carbons (Fsp3) is 0.778. The Morgan fingerprint density at radius 3 is 2.53 bits per heavy atom. The fourth-order valence-corrected chi connectivity index (χ4v) is 1.37. The van der Waals surface area contributed by atoms with Crippen molar-refractivity contribution in [3.05, 3.63) is 0 Å². The summed E-state index contributed by atoms with van der Waals surface area (Å²) in [5, 5.41) is 4.21. The summed E-state index contributed by atoms with van der Waals surface area (Å²) in [6, 6.07) is 0. The van der Waals surface area contributed by atoms with Crippen molar-refractivity contribution in [3.63, 3.8) is 0 Å². The molecule has 86 valence electrons. The molecule has 0 aromatic carbocycles. The molecule has 6 nitrogen and oxygen atoms in total. The molecule has 1 aliphatic rings. The van der Waals surface area contributed by atoms with E-state index in [1.54, 1.807) is 4.90 Å². The highest BCUT2D eigenvalue weighted by molar-refractivity contribution is 5.96. The molecule has 1 heterocycles. The topological polar surface area (TPSA) is 61.9 Å².